The molecule has 5 nitrogen and oxygen atoms in total. The van der Waals surface area contributed by atoms with Crippen LogP contribution in [0.5, 0.6) is 0 Å². The number of nitrogens with one attached hydrogen (secondary N) is 1. The highest BCUT2D eigenvalue weighted by Gasteiger charge is 2.45. The topological polar surface area (TPSA) is 83.5 Å². The molecule has 0 bridgehead atoms. The van der Waals surface area contributed by atoms with Gasteiger partial charge in [0.05, 0.1) is 0 Å². The maximum absolute atomic E-state index is 12.4. The summed E-state index contributed by atoms with van der Waals surface area (Å²) < 4.78 is 12.1. The van der Waals surface area contributed by atoms with Crippen molar-refractivity contribution in [3.63, 3.8) is 0 Å². The third-order valence-corrected chi connectivity index (χ3v) is 5.72. The zero-order valence-electron chi connectivity index (χ0n) is 13.4. The van der Waals surface area contributed by atoms with Crippen LogP contribution in [-0.2, 0) is 20.7 Å². The van der Waals surface area contributed by atoms with E-state index in [1.807, 2.05) is 12.1 Å². The zero-order valence-corrected chi connectivity index (χ0v) is 14.3. The second kappa shape index (κ2) is 6.71. The molecule has 1 aliphatic rings. The summed E-state index contributed by atoms with van der Waals surface area (Å²) in [6, 6.07) is 7.23. The quantitative estimate of drug-likeness (QED) is 0.491. The molecule has 1 aliphatic carbocycles. The molecule has 1 atom stereocenters. The van der Waals surface area contributed by atoms with E-state index in [4.69, 9.17) is 0 Å². The van der Waals surface area contributed by atoms with Gasteiger partial charge >= 0.3 is 5.97 Å². The first-order chi connectivity index (χ1) is 10.8. The molecule has 23 heavy (non-hydrogen) atoms. The molecule has 1 aromatic rings. The van der Waals surface area contributed by atoms with Gasteiger partial charge in [-0.15, -0.1) is 0 Å². The molecule has 124 valence electrons. The molecular weight excluding hydrogens is 313 g/mol. The minimum Gasteiger partial charge on any atom is -0.480 e. The molecule has 2 N–H and O–H groups in total. The van der Waals surface area contributed by atoms with Crippen LogP contribution in [0.3, 0.4) is 0 Å². The Bertz CT molecular complexity index is 692. The number of benzene rings is 1. The number of carboxylic acid groups (broad SMARTS) is 1. The van der Waals surface area contributed by atoms with Gasteiger partial charge in [-0.25, -0.2) is 0 Å². The van der Waals surface area contributed by atoms with Crippen LogP contribution in [0.15, 0.2) is 36.4 Å². The van der Waals surface area contributed by atoms with E-state index >= 15 is 0 Å². The lowest BCUT2D eigenvalue weighted by Gasteiger charge is -2.29. The van der Waals surface area contributed by atoms with Gasteiger partial charge < -0.3 is 15.0 Å². The van der Waals surface area contributed by atoms with Crippen LogP contribution in [0.2, 0.25) is 0 Å². The van der Waals surface area contributed by atoms with Crippen LogP contribution in [0.4, 0.5) is 0 Å². The lowest BCUT2D eigenvalue weighted by molar-refractivity contribution is -0.156. The zero-order chi connectivity index (χ0) is 17.1. The molecule has 6 heteroatoms. The number of hydrogen-bond acceptors (Lipinski definition) is 3. The van der Waals surface area contributed by atoms with E-state index in [1.54, 1.807) is 37.6 Å². The summed E-state index contributed by atoms with van der Waals surface area (Å²) >= 11 is 0. The molecule has 0 aliphatic heterocycles. The normalized spacial score (nSPS) is 21.0. The van der Waals surface area contributed by atoms with Crippen molar-refractivity contribution in [2.24, 2.45) is 5.41 Å². The van der Waals surface area contributed by atoms with E-state index in [0.717, 1.165) is 10.9 Å². The SMILES string of the molecule is CP(C)(=O)c1cccc(CNC(=O)C2(C(=O)O)CC=CCC2)c1. The fourth-order valence-corrected chi connectivity index (χ4v) is 3.61. The van der Waals surface area contributed by atoms with Gasteiger partial charge in [-0.1, -0.05) is 30.4 Å². The lowest BCUT2D eigenvalue weighted by Crippen LogP contribution is -2.46. The van der Waals surface area contributed by atoms with Crippen molar-refractivity contribution >= 4 is 24.3 Å². The number of hydrogen-bond donors (Lipinski definition) is 2. The first kappa shape index (κ1) is 17.5. The van der Waals surface area contributed by atoms with Crippen molar-refractivity contribution in [1.29, 1.82) is 0 Å². The largest absolute Gasteiger partial charge is 0.480 e. The van der Waals surface area contributed by atoms with E-state index in [1.165, 1.54) is 0 Å². The molecule has 0 saturated heterocycles. The second-order valence-corrected chi connectivity index (χ2v) is 9.52. The van der Waals surface area contributed by atoms with Gasteiger partial charge in [-0.3, -0.25) is 9.59 Å². The lowest BCUT2D eigenvalue weighted by atomic mass is 9.76. The fourth-order valence-electron chi connectivity index (χ4n) is 2.68. The van der Waals surface area contributed by atoms with Gasteiger partial charge in [0.1, 0.15) is 12.6 Å². The average Bonchev–Trinajstić information content (AvgIpc) is 2.52. The molecule has 2 rings (SSSR count). The van der Waals surface area contributed by atoms with E-state index in [-0.39, 0.29) is 13.0 Å². The van der Waals surface area contributed by atoms with Crippen molar-refractivity contribution in [3.05, 3.63) is 42.0 Å². The van der Waals surface area contributed by atoms with E-state index in [9.17, 15) is 19.3 Å². The Morgan fingerprint density at radius 2 is 2.04 bits per heavy atom. The Hall–Kier alpha value is -1.87. The number of carboxylic acids is 1. The van der Waals surface area contributed by atoms with Crippen LogP contribution in [-0.4, -0.2) is 30.3 Å². The number of carbonyl (C=O) groups is 2. The van der Waals surface area contributed by atoms with Crippen LogP contribution < -0.4 is 10.6 Å². The smallest absolute Gasteiger partial charge is 0.319 e. The monoisotopic (exact) mass is 335 g/mol. The van der Waals surface area contributed by atoms with Crippen LogP contribution in [0, 0.1) is 5.41 Å². The van der Waals surface area contributed by atoms with Crippen molar-refractivity contribution in [1.82, 2.24) is 5.32 Å². The summed E-state index contributed by atoms with van der Waals surface area (Å²) in [7, 11) is -2.36. The maximum Gasteiger partial charge on any atom is 0.319 e. The Kier molecular flexibility index (Phi) is 5.10. The van der Waals surface area contributed by atoms with Crippen LogP contribution >= 0.6 is 7.14 Å². The Labute approximate surface area is 136 Å². The summed E-state index contributed by atoms with van der Waals surface area (Å²) in [6.45, 7) is 3.61. The van der Waals surface area contributed by atoms with Gasteiger partial charge in [0.25, 0.3) is 0 Å². The molecule has 0 fully saturated rings. The summed E-state index contributed by atoms with van der Waals surface area (Å²) in [6.07, 6.45) is 4.77. The number of carbonyl (C=O) groups excluding carboxylic acids is 1. The molecule has 0 saturated carbocycles. The summed E-state index contributed by atoms with van der Waals surface area (Å²) in [5.41, 5.74) is -0.566. The molecule has 0 heterocycles. The minimum absolute atomic E-state index is 0.216. The number of allylic oxidation sites excluding steroid dienone is 2. The predicted molar refractivity (Wildman–Crippen MR) is 90.4 cm³/mol. The van der Waals surface area contributed by atoms with E-state index in [0.29, 0.717) is 12.8 Å². The molecular formula is C17H22NO4P. The predicted octanol–water partition coefficient (Wildman–Crippen LogP) is 2.36. The van der Waals surface area contributed by atoms with Crippen molar-refractivity contribution in [2.45, 2.75) is 25.8 Å². The highest BCUT2D eigenvalue weighted by Crippen LogP contribution is 2.35. The molecule has 0 radical (unpaired) electrons. The Balaban J connectivity index is 2.11. The first-order valence-corrected chi connectivity index (χ1v) is 10.2. The molecule has 1 aromatic carbocycles. The van der Waals surface area contributed by atoms with Crippen LogP contribution in [0.25, 0.3) is 0 Å². The van der Waals surface area contributed by atoms with Gasteiger partial charge in [0.15, 0.2) is 0 Å². The van der Waals surface area contributed by atoms with Gasteiger partial charge in [-0.05, 0) is 44.2 Å². The Morgan fingerprint density at radius 1 is 1.30 bits per heavy atom. The number of amides is 1. The first-order valence-electron chi connectivity index (χ1n) is 7.57. The molecule has 0 aromatic heterocycles. The van der Waals surface area contributed by atoms with Gasteiger partial charge in [0, 0.05) is 11.8 Å². The fraction of sp³-hybridized carbons (Fsp3) is 0.412. The Morgan fingerprint density at radius 3 is 2.61 bits per heavy atom. The third kappa shape index (κ3) is 3.91. The second-order valence-electron chi connectivity index (χ2n) is 6.30. The number of aliphatic carboxylic acids is 1. The van der Waals surface area contributed by atoms with E-state index in [2.05, 4.69) is 5.32 Å². The molecule has 1 amide bonds. The molecule has 0 spiro atoms. The van der Waals surface area contributed by atoms with Crippen LogP contribution in [0.1, 0.15) is 24.8 Å². The molecule has 1 unspecified atom stereocenters. The van der Waals surface area contributed by atoms with E-state index < -0.39 is 24.4 Å². The van der Waals surface area contributed by atoms with Gasteiger partial charge in [-0.2, -0.15) is 0 Å². The van der Waals surface area contributed by atoms with Gasteiger partial charge in [0.2, 0.25) is 5.91 Å². The standard InChI is InChI=1S/C17H22NO4P/c1-23(2,22)14-8-6-7-13(11-14)12-18-15(19)17(16(20)21)9-4-3-5-10-17/h3-4,6-8,11H,5,9-10,12H2,1-2H3,(H,18,19)(H,20,21). The van der Waals surface area contributed by atoms with Crippen molar-refractivity contribution < 1.29 is 19.3 Å². The highest BCUT2D eigenvalue weighted by atomic mass is 31.2. The summed E-state index contributed by atoms with van der Waals surface area (Å²) in [4.78, 5) is 24.0. The number of rotatable bonds is 5. The minimum atomic E-state index is -2.36. The van der Waals surface area contributed by atoms with Crippen molar-refractivity contribution in [3.8, 4) is 0 Å². The highest BCUT2D eigenvalue weighted by molar-refractivity contribution is 7.70. The summed E-state index contributed by atoms with van der Waals surface area (Å²) in [5.74, 6) is -1.55. The van der Waals surface area contributed by atoms with Crippen molar-refractivity contribution in [2.75, 3.05) is 13.3 Å². The third-order valence-electron chi connectivity index (χ3n) is 4.20. The average molecular weight is 335 g/mol. The maximum atomic E-state index is 12.4. The summed E-state index contributed by atoms with van der Waals surface area (Å²) in [5, 5.41) is 12.9.